The lowest BCUT2D eigenvalue weighted by Gasteiger charge is -2.06. The van der Waals surface area contributed by atoms with Gasteiger partial charge in [0.2, 0.25) is 5.91 Å². The number of anilines is 1. The van der Waals surface area contributed by atoms with Crippen LogP contribution in [-0.4, -0.2) is 11.7 Å². The molecule has 3 nitrogen and oxygen atoms in total. The van der Waals surface area contributed by atoms with Crippen LogP contribution < -0.4 is 5.32 Å². The molecule has 0 bridgehead atoms. The number of amides is 1. The molecule has 0 radical (unpaired) electrons. The molecular weight excluding hydrogens is 281 g/mol. The third-order valence-corrected chi connectivity index (χ3v) is 3.57. The monoisotopic (exact) mass is 289 g/mol. The van der Waals surface area contributed by atoms with Crippen molar-refractivity contribution in [1.82, 2.24) is 0 Å². The lowest BCUT2D eigenvalue weighted by atomic mass is 10.00. The molecule has 3 rings (SSSR count). The van der Waals surface area contributed by atoms with Gasteiger partial charge in [-0.1, -0.05) is 17.7 Å². The number of ketones is 1. The van der Waals surface area contributed by atoms with Crippen molar-refractivity contribution in [1.29, 1.82) is 0 Å². The molecule has 1 heterocycles. The fraction of sp³-hybridized carbons (Fsp3) is 0.0667. The van der Waals surface area contributed by atoms with Gasteiger partial charge in [-0.05, 0) is 35.9 Å². The first-order valence-electron chi connectivity index (χ1n) is 5.98. The summed E-state index contributed by atoms with van der Waals surface area (Å²) in [5, 5.41) is 2.50. The van der Waals surface area contributed by atoms with Crippen molar-refractivity contribution in [3.63, 3.8) is 0 Å². The number of hydrogen-bond donors (Lipinski definition) is 1. The zero-order chi connectivity index (χ0) is 14.3. The maximum absolute atomic E-state index is 13.4. The van der Waals surface area contributed by atoms with E-state index < -0.39 is 5.82 Å². The summed E-state index contributed by atoms with van der Waals surface area (Å²) >= 11 is 5.82. The molecule has 0 aromatic heterocycles. The highest BCUT2D eigenvalue weighted by Gasteiger charge is 2.21. The van der Waals surface area contributed by atoms with Crippen LogP contribution in [0.25, 0.3) is 0 Å². The first kappa shape index (κ1) is 12.8. The van der Waals surface area contributed by atoms with E-state index >= 15 is 0 Å². The standard InChI is InChI=1S/C15H9ClFNO2/c16-14-10(2-1-3-11(14)17)15(20)8-4-5-12-9(6-8)7-13(19)18-12/h1-6H,7H2,(H,18,19). The molecule has 0 fully saturated rings. The van der Waals surface area contributed by atoms with E-state index in [0.29, 0.717) is 11.3 Å². The van der Waals surface area contributed by atoms with Gasteiger partial charge in [0.25, 0.3) is 0 Å². The second kappa shape index (κ2) is 4.72. The van der Waals surface area contributed by atoms with Crippen molar-refractivity contribution in [2.45, 2.75) is 6.42 Å². The molecule has 1 aliphatic heterocycles. The Bertz CT molecular complexity index is 743. The summed E-state index contributed by atoms with van der Waals surface area (Å²) in [7, 11) is 0. The average Bonchev–Trinajstić information content (AvgIpc) is 2.80. The highest BCUT2D eigenvalue weighted by molar-refractivity contribution is 6.35. The van der Waals surface area contributed by atoms with Gasteiger partial charge in [0.05, 0.1) is 11.4 Å². The third-order valence-electron chi connectivity index (χ3n) is 3.19. The van der Waals surface area contributed by atoms with E-state index in [4.69, 9.17) is 11.6 Å². The summed E-state index contributed by atoms with van der Waals surface area (Å²) < 4.78 is 13.4. The molecule has 0 aliphatic carbocycles. The summed E-state index contributed by atoms with van der Waals surface area (Å²) in [5.74, 6) is -1.10. The zero-order valence-electron chi connectivity index (χ0n) is 10.2. The Hall–Kier alpha value is -2.20. The number of nitrogens with one attached hydrogen (secondary N) is 1. The van der Waals surface area contributed by atoms with Gasteiger partial charge in [-0.15, -0.1) is 0 Å². The SMILES string of the molecule is O=C1Cc2cc(C(=O)c3cccc(F)c3Cl)ccc2N1. The normalized spacial score (nSPS) is 13.0. The van der Waals surface area contributed by atoms with Crippen LogP contribution >= 0.6 is 11.6 Å². The van der Waals surface area contributed by atoms with Gasteiger partial charge in [0.15, 0.2) is 5.78 Å². The Morgan fingerprint density at radius 1 is 1.25 bits per heavy atom. The predicted octanol–water partition coefficient (Wildman–Crippen LogP) is 3.20. The van der Waals surface area contributed by atoms with E-state index in [1.807, 2.05) is 0 Å². The molecule has 100 valence electrons. The molecule has 20 heavy (non-hydrogen) atoms. The molecule has 2 aromatic rings. The molecule has 1 amide bonds. The van der Waals surface area contributed by atoms with E-state index in [9.17, 15) is 14.0 Å². The predicted molar refractivity (Wildman–Crippen MR) is 73.6 cm³/mol. The lowest BCUT2D eigenvalue weighted by molar-refractivity contribution is -0.115. The van der Waals surface area contributed by atoms with Crippen molar-refractivity contribution in [3.8, 4) is 0 Å². The van der Waals surface area contributed by atoms with Crippen LogP contribution in [0, 0.1) is 5.82 Å². The molecule has 0 atom stereocenters. The Morgan fingerprint density at radius 3 is 2.85 bits per heavy atom. The van der Waals surface area contributed by atoms with Crippen LogP contribution in [0.15, 0.2) is 36.4 Å². The largest absolute Gasteiger partial charge is 0.326 e. The molecule has 0 saturated carbocycles. The number of carbonyl (C=O) groups excluding carboxylic acids is 2. The van der Waals surface area contributed by atoms with Gasteiger partial charge >= 0.3 is 0 Å². The van der Waals surface area contributed by atoms with Crippen molar-refractivity contribution in [2.75, 3.05) is 5.32 Å². The van der Waals surface area contributed by atoms with Gasteiger partial charge in [0.1, 0.15) is 5.82 Å². The Kier molecular flexibility index (Phi) is 3.03. The van der Waals surface area contributed by atoms with Crippen molar-refractivity contribution in [2.24, 2.45) is 0 Å². The fourth-order valence-corrected chi connectivity index (χ4v) is 2.42. The first-order valence-corrected chi connectivity index (χ1v) is 6.35. The molecule has 1 aliphatic rings. The van der Waals surface area contributed by atoms with Gasteiger partial charge in [-0.3, -0.25) is 9.59 Å². The summed E-state index contributed by atoms with van der Waals surface area (Å²) in [6.45, 7) is 0. The Balaban J connectivity index is 2.02. The van der Waals surface area contributed by atoms with Gasteiger partial charge < -0.3 is 5.32 Å². The van der Waals surface area contributed by atoms with E-state index in [0.717, 1.165) is 5.56 Å². The molecule has 0 saturated heterocycles. The van der Waals surface area contributed by atoms with Crippen LogP contribution in [0.1, 0.15) is 21.5 Å². The first-order chi connectivity index (χ1) is 9.56. The number of fused-ring (bicyclic) bond motifs is 1. The minimum absolute atomic E-state index is 0.103. The maximum atomic E-state index is 13.4. The molecule has 0 spiro atoms. The minimum Gasteiger partial charge on any atom is -0.326 e. The Morgan fingerprint density at radius 2 is 2.05 bits per heavy atom. The average molecular weight is 290 g/mol. The van der Waals surface area contributed by atoms with Crippen molar-refractivity contribution < 1.29 is 14.0 Å². The second-order valence-corrected chi connectivity index (χ2v) is 4.91. The Labute approximate surface area is 119 Å². The highest BCUT2D eigenvalue weighted by atomic mass is 35.5. The summed E-state index contributed by atoms with van der Waals surface area (Å²) in [4.78, 5) is 23.6. The van der Waals surface area contributed by atoms with Crippen LogP contribution in [0.5, 0.6) is 0 Å². The van der Waals surface area contributed by atoms with Crippen LogP contribution in [-0.2, 0) is 11.2 Å². The maximum Gasteiger partial charge on any atom is 0.228 e. The van der Waals surface area contributed by atoms with Gasteiger partial charge in [0, 0.05) is 16.8 Å². The molecular formula is C15H9ClFNO2. The molecule has 0 unspecified atom stereocenters. The third kappa shape index (κ3) is 2.08. The number of hydrogen-bond acceptors (Lipinski definition) is 2. The van der Waals surface area contributed by atoms with Crippen LogP contribution in [0.2, 0.25) is 5.02 Å². The lowest BCUT2D eigenvalue weighted by Crippen LogP contribution is -2.03. The summed E-state index contributed by atoms with van der Waals surface area (Å²) in [6.07, 6.45) is 0.243. The number of benzene rings is 2. The topological polar surface area (TPSA) is 46.2 Å². The van der Waals surface area contributed by atoms with Gasteiger partial charge in [-0.25, -0.2) is 4.39 Å². The van der Waals surface area contributed by atoms with E-state index in [2.05, 4.69) is 5.32 Å². The summed E-state index contributed by atoms with van der Waals surface area (Å²) in [6, 6.07) is 9.01. The van der Waals surface area contributed by atoms with E-state index in [-0.39, 0.29) is 28.7 Å². The smallest absolute Gasteiger partial charge is 0.228 e. The number of rotatable bonds is 2. The van der Waals surface area contributed by atoms with Gasteiger partial charge in [-0.2, -0.15) is 0 Å². The number of halogens is 2. The van der Waals surface area contributed by atoms with Crippen LogP contribution in [0.3, 0.4) is 0 Å². The molecule has 5 heteroatoms. The zero-order valence-corrected chi connectivity index (χ0v) is 11.0. The van der Waals surface area contributed by atoms with Crippen molar-refractivity contribution >= 4 is 29.0 Å². The quantitative estimate of drug-likeness (QED) is 0.863. The van der Waals surface area contributed by atoms with E-state index in [1.54, 1.807) is 18.2 Å². The number of carbonyl (C=O) groups is 2. The molecule has 1 N–H and O–H groups in total. The highest BCUT2D eigenvalue weighted by Crippen LogP contribution is 2.27. The van der Waals surface area contributed by atoms with Crippen LogP contribution in [0.4, 0.5) is 10.1 Å². The molecule has 2 aromatic carbocycles. The second-order valence-electron chi connectivity index (χ2n) is 4.53. The van der Waals surface area contributed by atoms with Crippen molar-refractivity contribution in [3.05, 3.63) is 63.9 Å². The summed E-state index contributed by atoms with van der Waals surface area (Å²) in [5.41, 5.74) is 1.96. The minimum atomic E-state index is -0.629. The van der Waals surface area contributed by atoms with E-state index in [1.165, 1.54) is 18.2 Å². The fourth-order valence-electron chi connectivity index (χ4n) is 2.21.